The van der Waals surface area contributed by atoms with Gasteiger partial charge in [0.15, 0.2) is 11.5 Å². The molecule has 0 aliphatic carbocycles. The van der Waals surface area contributed by atoms with Crippen molar-refractivity contribution in [3.8, 4) is 17.6 Å². The smallest absolute Gasteiger partial charge is 0.277 e. The molecule has 1 atom stereocenters. The van der Waals surface area contributed by atoms with Crippen molar-refractivity contribution >= 4 is 11.8 Å². The highest BCUT2D eigenvalue weighted by atomic mass is 32.2. The van der Waals surface area contributed by atoms with Crippen LogP contribution in [-0.2, 0) is 5.75 Å². The van der Waals surface area contributed by atoms with E-state index in [0.717, 1.165) is 5.56 Å². The molecule has 0 spiro atoms. The molecule has 3 aromatic rings. The summed E-state index contributed by atoms with van der Waals surface area (Å²) in [6, 6.07) is 17.1. The summed E-state index contributed by atoms with van der Waals surface area (Å²) in [6.07, 6.45) is -0.428. The molecule has 0 saturated carbocycles. The zero-order valence-corrected chi connectivity index (χ0v) is 13.9. The van der Waals surface area contributed by atoms with Gasteiger partial charge in [-0.15, -0.1) is 10.2 Å². The Morgan fingerprint density at radius 1 is 1.08 bits per heavy atom. The number of para-hydroxylation sites is 2. The van der Waals surface area contributed by atoms with Gasteiger partial charge in [-0.25, -0.2) is 0 Å². The van der Waals surface area contributed by atoms with E-state index < -0.39 is 6.10 Å². The average molecular weight is 351 g/mol. The van der Waals surface area contributed by atoms with Gasteiger partial charge in [0.1, 0.15) is 6.61 Å². The Morgan fingerprint density at radius 3 is 2.76 bits per heavy atom. The van der Waals surface area contributed by atoms with Crippen LogP contribution in [0.15, 0.2) is 58.2 Å². The summed E-state index contributed by atoms with van der Waals surface area (Å²) in [5.41, 5.74) is 1.58. The van der Waals surface area contributed by atoms with Crippen molar-refractivity contribution < 1.29 is 13.9 Å². The molecular weight excluding hydrogens is 338 g/mol. The SMILES string of the molecule is N#Cc1ccccc1CSc1nnc(C2COc3ccccc3O2)o1. The second-order valence-electron chi connectivity index (χ2n) is 5.33. The molecule has 0 amide bonds. The summed E-state index contributed by atoms with van der Waals surface area (Å²) < 4.78 is 17.2. The summed E-state index contributed by atoms with van der Waals surface area (Å²) >= 11 is 1.39. The number of ether oxygens (including phenoxy) is 2. The zero-order chi connectivity index (χ0) is 17.1. The van der Waals surface area contributed by atoms with Crippen molar-refractivity contribution in [3.05, 3.63) is 65.5 Å². The minimum Gasteiger partial charge on any atom is -0.485 e. The summed E-state index contributed by atoms with van der Waals surface area (Å²) in [5, 5.41) is 17.7. The van der Waals surface area contributed by atoms with Crippen molar-refractivity contribution in [2.24, 2.45) is 0 Å². The van der Waals surface area contributed by atoms with E-state index in [-0.39, 0.29) is 0 Å². The van der Waals surface area contributed by atoms with E-state index in [1.54, 1.807) is 6.07 Å². The van der Waals surface area contributed by atoms with Crippen molar-refractivity contribution in [1.82, 2.24) is 10.2 Å². The van der Waals surface area contributed by atoms with Crippen LogP contribution in [0.2, 0.25) is 0 Å². The van der Waals surface area contributed by atoms with E-state index in [2.05, 4.69) is 16.3 Å². The lowest BCUT2D eigenvalue weighted by atomic mass is 10.1. The molecule has 1 aliphatic rings. The Kier molecular flexibility index (Phi) is 4.27. The third-order valence-electron chi connectivity index (χ3n) is 3.70. The maximum absolute atomic E-state index is 9.13. The first-order valence-corrected chi connectivity index (χ1v) is 8.65. The van der Waals surface area contributed by atoms with Crippen molar-refractivity contribution in [2.45, 2.75) is 17.1 Å². The van der Waals surface area contributed by atoms with Gasteiger partial charge in [0.05, 0.1) is 11.6 Å². The number of hydrogen-bond acceptors (Lipinski definition) is 7. The molecule has 1 unspecified atom stereocenters. The van der Waals surface area contributed by atoms with Crippen LogP contribution in [-0.4, -0.2) is 16.8 Å². The Labute approximate surface area is 148 Å². The summed E-state index contributed by atoms with van der Waals surface area (Å²) in [7, 11) is 0. The lowest BCUT2D eigenvalue weighted by Crippen LogP contribution is -2.21. The fraction of sp³-hybridized carbons (Fsp3) is 0.167. The monoisotopic (exact) mass is 351 g/mol. The number of rotatable bonds is 4. The molecule has 25 heavy (non-hydrogen) atoms. The van der Waals surface area contributed by atoms with Crippen molar-refractivity contribution in [3.63, 3.8) is 0 Å². The van der Waals surface area contributed by atoms with Gasteiger partial charge >= 0.3 is 0 Å². The predicted molar refractivity (Wildman–Crippen MR) is 90.3 cm³/mol. The third-order valence-corrected chi connectivity index (χ3v) is 4.56. The standard InChI is InChI=1S/C18H13N3O3S/c19-9-12-5-1-2-6-13(12)11-25-18-21-20-17(24-18)16-10-22-14-7-3-4-8-15(14)23-16/h1-8,16H,10-11H2. The molecule has 0 fully saturated rings. The molecule has 1 aliphatic heterocycles. The molecule has 0 saturated heterocycles. The molecule has 0 bridgehead atoms. The highest BCUT2D eigenvalue weighted by Crippen LogP contribution is 2.36. The first kappa shape index (κ1) is 15.5. The number of aromatic nitrogens is 2. The quantitative estimate of drug-likeness (QED) is 0.662. The summed E-state index contributed by atoms with van der Waals surface area (Å²) in [6.45, 7) is 0.320. The molecule has 0 N–H and O–H groups in total. The maximum Gasteiger partial charge on any atom is 0.277 e. The van der Waals surface area contributed by atoms with Crippen LogP contribution in [0.25, 0.3) is 0 Å². The van der Waals surface area contributed by atoms with Crippen LogP contribution >= 0.6 is 11.8 Å². The van der Waals surface area contributed by atoms with E-state index in [4.69, 9.17) is 19.2 Å². The number of nitrogens with zero attached hydrogens (tertiary/aromatic N) is 3. The number of thioether (sulfide) groups is 1. The van der Waals surface area contributed by atoms with E-state index in [1.165, 1.54) is 11.8 Å². The highest BCUT2D eigenvalue weighted by Gasteiger charge is 2.27. The van der Waals surface area contributed by atoms with Crippen LogP contribution in [0.3, 0.4) is 0 Å². The van der Waals surface area contributed by atoms with Gasteiger partial charge in [-0.3, -0.25) is 0 Å². The predicted octanol–water partition coefficient (Wildman–Crippen LogP) is 3.75. The molecule has 1 aromatic heterocycles. The molecule has 0 radical (unpaired) electrons. The zero-order valence-electron chi connectivity index (χ0n) is 13.1. The largest absolute Gasteiger partial charge is 0.485 e. The molecular formula is C18H13N3O3S. The third kappa shape index (κ3) is 3.30. The minimum absolute atomic E-state index is 0.320. The summed E-state index contributed by atoms with van der Waals surface area (Å²) in [5.74, 6) is 2.33. The Balaban J connectivity index is 1.44. The Morgan fingerprint density at radius 2 is 1.88 bits per heavy atom. The molecule has 6 nitrogen and oxygen atoms in total. The van der Waals surface area contributed by atoms with Gasteiger partial charge in [0.25, 0.3) is 11.1 Å². The second-order valence-corrected chi connectivity index (χ2v) is 6.25. The second kappa shape index (κ2) is 6.87. The Bertz CT molecular complexity index is 935. The van der Waals surface area contributed by atoms with Crippen LogP contribution in [0.1, 0.15) is 23.1 Å². The maximum atomic E-state index is 9.13. The van der Waals surface area contributed by atoms with E-state index in [1.807, 2.05) is 42.5 Å². The fourth-order valence-corrected chi connectivity index (χ4v) is 3.22. The van der Waals surface area contributed by atoms with Crippen LogP contribution < -0.4 is 9.47 Å². The number of hydrogen-bond donors (Lipinski definition) is 0. The van der Waals surface area contributed by atoms with Gasteiger partial charge in [0, 0.05) is 5.75 Å². The van der Waals surface area contributed by atoms with E-state index in [9.17, 15) is 0 Å². The van der Waals surface area contributed by atoms with E-state index in [0.29, 0.717) is 40.5 Å². The average Bonchev–Trinajstić information content (AvgIpc) is 3.15. The number of fused-ring (bicyclic) bond motifs is 1. The normalized spacial score (nSPS) is 15.6. The lowest BCUT2D eigenvalue weighted by molar-refractivity contribution is 0.0686. The lowest BCUT2D eigenvalue weighted by Gasteiger charge is -2.23. The number of benzene rings is 2. The van der Waals surface area contributed by atoms with E-state index >= 15 is 0 Å². The summed E-state index contributed by atoms with van der Waals surface area (Å²) in [4.78, 5) is 0. The van der Waals surface area contributed by atoms with Gasteiger partial charge in [-0.1, -0.05) is 42.1 Å². The molecule has 124 valence electrons. The van der Waals surface area contributed by atoms with Gasteiger partial charge in [-0.2, -0.15) is 5.26 Å². The van der Waals surface area contributed by atoms with Crippen LogP contribution in [0, 0.1) is 11.3 Å². The minimum atomic E-state index is -0.428. The van der Waals surface area contributed by atoms with Gasteiger partial charge in [0.2, 0.25) is 6.10 Å². The first-order chi connectivity index (χ1) is 12.3. The molecule has 7 heteroatoms. The van der Waals surface area contributed by atoms with Crippen LogP contribution in [0.4, 0.5) is 0 Å². The topological polar surface area (TPSA) is 81.2 Å². The van der Waals surface area contributed by atoms with Crippen molar-refractivity contribution in [2.75, 3.05) is 6.61 Å². The molecule has 2 heterocycles. The Hall–Kier alpha value is -2.98. The van der Waals surface area contributed by atoms with Gasteiger partial charge in [-0.05, 0) is 23.8 Å². The van der Waals surface area contributed by atoms with Crippen molar-refractivity contribution in [1.29, 1.82) is 5.26 Å². The highest BCUT2D eigenvalue weighted by molar-refractivity contribution is 7.98. The molecule has 2 aromatic carbocycles. The molecule has 4 rings (SSSR count). The van der Waals surface area contributed by atoms with Gasteiger partial charge < -0.3 is 13.9 Å². The first-order valence-electron chi connectivity index (χ1n) is 7.66. The van der Waals surface area contributed by atoms with Crippen LogP contribution in [0.5, 0.6) is 11.5 Å². The number of nitriles is 1. The fourth-order valence-electron chi connectivity index (χ4n) is 2.44.